The number of carbonyl (C=O) groups excluding carboxylic acids is 1. The van der Waals surface area contributed by atoms with E-state index >= 15 is 0 Å². The third-order valence-corrected chi connectivity index (χ3v) is 5.86. The van der Waals surface area contributed by atoms with Crippen LogP contribution in [0, 0.1) is 0 Å². The van der Waals surface area contributed by atoms with Gasteiger partial charge in [0.05, 0.1) is 15.4 Å². The Morgan fingerprint density at radius 1 is 0.923 bits per heavy atom. The molecule has 0 atom stereocenters. The van der Waals surface area contributed by atoms with E-state index in [4.69, 9.17) is 4.55 Å². The lowest BCUT2D eigenvalue weighted by Crippen LogP contribution is -2.34. The highest BCUT2D eigenvalue weighted by atomic mass is 32.2. The van der Waals surface area contributed by atoms with Gasteiger partial charge in [0.25, 0.3) is 0 Å². The van der Waals surface area contributed by atoms with Gasteiger partial charge in [0, 0.05) is 0 Å². The Morgan fingerprint density at radius 3 is 1.92 bits per heavy atom. The van der Waals surface area contributed by atoms with E-state index < -0.39 is 37.8 Å². The van der Waals surface area contributed by atoms with Crippen molar-refractivity contribution in [1.82, 2.24) is 0 Å². The first kappa shape index (κ1) is 19.9. The maximum atomic E-state index is 13.0. The average Bonchev–Trinajstić information content (AvgIpc) is 2.59. The molecule has 2 aromatic rings. The first-order valence-electron chi connectivity index (χ1n) is 6.87. The van der Waals surface area contributed by atoms with Gasteiger partial charge in [-0.15, -0.1) is 0 Å². The smallest absolute Gasteiger partial charge is 0.402 e. The molecule has 0 aliphatic rings. The fourth-order valence-electron chi connectivity index (χ4n) is 1.81. The molecule has 0 unspecified atom stereocenters. The molecule has 0 radical (unpaired) electrons. The Balaban J connectivity index is 2.16. The van der Waals surface area contributed by atoms with Crippen molar-refractivity contribution in [3.05, 3.63) is 60.2 Å². The fourth-order valence-corrected chi connectivity index (χ4v) is 3.30. The predicted molar refractivity (Wildman–Crippen MR) is 85.1 cm³/mol. The number of alkyl halides is 2. The molecule has 0 spiro atoms. The highest BCUT2D eigenvalue weighted by molar-refractivity contribution is 7.91. The van der Waals surface area contributed by atoms with Crippen LogP contribution < -0.4 is 0 Å². The molecule has 0 fully saturated rings. The van der Waals surface area contributed by atoms with Gasteiger partial charge in [-0.05, 0) is 36.4 Å². The van der Waals surface area contributed by atoms with Crippen LogP contribution in [0.4, 0.5) is 8.78 Å². The molecule has 0 saturated carbocycles. The van der Waals surface area contributed by atoms with E-state index in [1.54, 1.807) is 6.07 Å². The lowest BCUT2D eigenvalue weighted by molar-refractivity contribution is -0.00950. The second-order valence-electron chi connectivity index (χ2n) is 5.03. The summed E-state index contributed by atoms with van der Waals surface area (Å²) in [5, 5.41) is -4.65. The summed E-state index contributed by atoms with van der Waals surface area (Å²) in [5.74, 6) is -1.31. The molecule has 26 heavy (non-hydrogen) atoms. The molecule has 0 saturated heterocycles. The first-order valence-corrected chi connectivity index (χ1v) is 9.80. The lowest BCUT2D eigenvalue weighted by Gasteiger charge is -2.13. The van der Waals surface area contributed by atoms with Crippen molar-refractivity contribution in [3.8, 4) is 0 Å². The zero-order valence-corrected chi connectivity index (χ0v) is 14.5. The topological polar surface area (TPSA) is 115 Å². The number of hydrogen-bond acceptors (Lipinski definition) is 6. The predicted octanol–water partition coefficient (Wildman–Crippen LogP) is 2.16. The van der Waals surface area contributed by atoms with Crippen LogP contribution >= 0.6 is 0 Å². The van der Waals surface area contributed by atoms with Gasteiger partial charge in [-0.1, -0.05) is 18.2 Å². The third-order valence-electron chi connectivity index (χ3n) is 3.20. The molecule has 0 bridgehead atoms. The van der Waals surface area contributed by atoms with Gasteiger partial charge in [-0.25, -0.2) is 13.2 Å². The van der Waals surface area contributed by atoms with Crippen LogP contribution in [0.2, 0.25) is 0 Å². The second kappa shape index (κ2) is 7.09. The van der Waals surface area contributed by atoms with E-state index in [0.29, 0.717) is 0 Å². The molecule has 7 nitrogen and oxygen atoms in total. The SMILES string of the molecule is O=C(OCC(F)(F)S(=O)(=O)O)c1ccc(S(=O)(=O)c2ccccc2)cc1. The molecule has 140 valence electrons. The number of rotatable bonds is 6. The lowest BCUT2D eigenvalue weighted by atomic mass is 10.2. The minimum absolute atomic E-state index is 0.0307. The maximum Gasteiger partial charge on any atom is 0.402 e. The molecule has 2 rings (SSSR count). The molecular weight excluding hydrogens is 394 g/mol. The molecular formula is C15H12F2O7S2. The van der Waals surface area contributed by atoms with Crippen molar-refractivity contribution in [2.24, 2.45) is 0 Å². The van der Waals surface area contributed by atoms with Crippen LogP contribution in [0.1, 0.15) is 10.4 Å². The van der Waals surface area contributed by atoms with Gasteiger partial charge in [0.2, 0.25) is 9.84 Å². The summed E-state index contributed by atoms with van der Waals surface area (Å²) in [6, 6.07) is 11.7. The van der Waals surface area contributed by atoms with Crippen LogP contribution in [0.15, 0.2) is 64.4 Å². The normalized spacial score (nSPS) is 12.6. The van der Waals surface area contributed by atoms with Crippen LogP contribution in [-0.2, 0) is 24.7 Å². The summed E-state index contributed by atoms with van der Waals surface area (Å²) in [4.78, 5) is 11.6. The molecule has 0 aliphatic heterocycles. The Kier molecular flexibility index (Phi) is 5.44. The number of benzene rings is 2. The van der Waals surface area contributed by atoms with E-state index in [1.807, 2.05) is 0 Å². The summed E-state index contributed by atoms with van der Waals surface area (Å²) < 4.78 is 84.1. The van der Waals surface area contributed by atoms with Gasteiger partial charge in [0.15, 0.2) is 6.61 Å². The molecule has 11 heteroatoms. The molecule has 1 N–H and O–H groups in total. The maximum absolute atomic E-state index is 13.0. The zero-order chi connectivity index (χ0) is 19.6. The quantitative estimate of drug-likeness (QED) is 0.577. The number of esters is 1. The Morgan fingerprint density at radius 2 is 1.42 bits per heavy atom. The van der Waals surface area contributed by atoms with Crippen LogP contribution in [0.5, 0.6) is 0 Å². The largest absolute Gasteiger partial charge is 0.454 e. The molecule has 0 aliphatic carbocycles. The number of sulfone groups is 1. The van der Waals surface area contributed by atoms with Crippen LogP contribution in [0.25, 0.3) is 0 Å². The number of ether oxygens (including phenoxy) is 1. The van der Waals surface area contributed by atoms with E-state index in [2.05, 4.69) is 4.74 Å². The van der Waals surface area contributed by atoms with Crippen LogP contribution in [-0.4, -0.2) is 39.2 Å². The number of hydrogen-bond donors (Lipinski definition) is 1. The summed E-state index contributed by atoms with van der Waals surface area (Å²) in [6.45, 7) is -1.88. The minimum Gasteiger partial charge on any atom is -0.454 e. The van der Waals surface area contributed by atoms with Crippen molar-refractivity contribution < 1.29 is 39.7 Å². The zero-order valence-electron chi connectivity index (χ0n) is 12.9. The number of carbonyl (C=O) groups is 1. The highest BCUT2D eigenvalue weighted by Crippen LogP contribution is 2.23. The monoisotopic (exact) mass is 406 g/mol. The third kappa shape index (κ3) is 4.23. The van der Waals surface area contributed by atoms with Crippen molar-refractivity contribution in [3.63, 3.8) is 0 Å². The Labute approximate surface area is 147 Å². The van der Waals surface area contributed by atoms with Gasteiger partial charge in [0.1, 0.15) is 0 Å². The molecule has 2 aromatic carbocycles. The summed E-state index contributed by atoms with van der Waals surface area (Å²) in [6.07, 6.45) is 0. The van der Waals surface area contributed by atoms with Crippen molar-refractivity contribution in [1.29, 1.82) is 0 Å². The van der Waals surface area contributed by atoms with Crippen molar-refractivity contribution in [2.75, 3.05) is 6.61 Å². The van der Waals surface area contributed by atoms with Gasteiger partial charge in [-0.2, -0.15) is 17.2 Å². The van der Waals surface area contributed by atoms with E-state index in [1.165, 1.54) is 24.3 Å². The van der Waals surface area contributed by atoms with E-state index in [0.717, 1.165) is 24.3 Å². The summed E-state index contributed by atoms with van der Waals surface area (Å²) >= 11 is 0. The van der Waals surface area contributed by atoms with Gasteiger partial charge in [-0.3, -0.25) is 4.55 Å². The Bertz CT molecular complexity index is 1000. The second-order valence-corrected chi connectivity index (χ2v) is 8.53. The average molecular weight is 406 g/mol. The fraction of sp³-hybridized carbons (Fsp3) is 0.133. The van der Waals surface area contributed by atoms with Gasteiger partial charge < -0.3 is 4.74 Å². The minimum atomic E-state index is -5.73. The molecule has 0 aromatic heterocycles. The van der Waals surface area contributed by atoms with E-state index in [9.17, 15) is 30.4 Å². The standard InChI is InChI=1S/C15H12F2O7S2/c16-15(17,26(21,22)23)10-24-14(18)11-6-8-13(9-7-11)25(19,20)12-4-2-1-3-5-12/h1-9H,10H2,(H,21,22,23). The molecule has 0 heterocycles. The van der Waals surface area contributed by atoms with E-state index in [-0.39, 0.29) is 15.4 Å². The number of halogens is 2. The first-order chi connectivity index (χ1) is 11.9. The summed E-state index contributed by atoms with van der Waals surface area (Å²) in [7, 11) is -9.55. The van der Waals surface area contributed by atoms with Crippen molar-refractivity contribution in [2.45, 2.75) is 15.0 Å². The van der Waals surface area contributed by atoms with Crippen LogP contribution in [0.3, 0.4) is 0 Å². The van der Waals surface area contributed by atoms with Crippen molar-refractivity contribution >= 4 is 25.9 Å². The highest BCUT2D eigenvalue weighted by Gasteiger charge is 2.45. The summed E-state index contributed by atoms with van der Waals surface area (Å²) in [5.41, 5.74) is -0.275. The molecule has 0 amide bonds. The Hall–Kier alpha value is -2.37. The van der Waals surface area contributed by atoms with Gasteiger partial charge >= 0.3 is 21.3 Å².